The lowest BCUT2D eigenvalue weighted by atomic mass is 10.1. The van der Waals surface area contributed by atoms with Crippen molar-refractivity contribution in [3.05, 3.63) is 53.6 Å². The van der Waals surface area contributed by atoms with E-state index in [2.05, 4.69) is 5.32 Å². The number of methoxy groups -OCH3 is 2. The molecular formula is C20H24N2O5S. The monoisotopic (exact) mass is 404 g/mol. The maximum absolute atomic E-state index is 12.6. The number of amides is 1. The second kappa shape index (κ2) is 8.52. The summed E-state index contributed by atoms with van der Waals surface area (Å²) in [5.41, 5.74) is 1.71. The van der Waals surface area contributed by atoms with Crippen LogP contribution in [0.1, 0.15) is 28.8 Å². The molecule has 1 amide bonds. The number of carbonyl (C=O) groups excluding carboxylic acids is 1. The van der Waals surface area contributed by atoms with Crippen LogP contribution in [-0.2, 0) is 16.6 Å². The maximum Gasteiger partial charge on any atom is 0.251 e. The van der Waals surface area contributed by atoms with E-state index in [1.807, 2.05) is 0 Å². The van der Waals surface area contributed by atoms with E-state index in [0.717, 1.165) is 12.0 Å². The Morgan fingerprint density at radius 3 is 2.64 bits per heavy atom. The lowest BCUT2D eigenvalue weighted by Crippen LogP contribution is -2.38. The van der Waals surface area contributed by atoms with Gasteiger partial charge in [-0.1, -0.05) is 6.07 Å². The summed E-state index contributed by atoms with van der Waals surface area (Å²) in [7, 11) is -0.181. The van der Waals surface area contributed by atoms with Crippen molar-refractivity contribution in [2.45, 2.75) is 19.4 Å². The molecule has 0 aromatic heterocycles. The normalized spacial score (nSPS) is 15.7. The number of hydrogen-bond donors (Lipinski definition) is 1. The summed E-state index contributed by atoms with van der Waals surface area (Å²) in [5, 5.41) is 2.85. The molecule has 1 aliphatic heterocycles. The van der Waals surface area contributed by atoms with E-state index in [1.54, 1.807) is 56.7 Å². The largest absolute Gasteiger partial charge is 0.497 e. The summed E-state index contributed by atoms with van der Waals surface area (Å²) < 4.78 is 36.5. The molecule has 0 aliphatic carbocycles. The van der Waals surface area contributed by atoms with E-state index < -0.39 is 10.0 Å². The number of sulfonamides is 1. The first-order valence-corrected chi connectivity index (χ1v) is 10.6. The molecule has 1 N–H and O–H groups in total. The average Bonchev–Trinajstić information content (AvgIpc) is 2.71. The highest BCUT2D eigenvalue weighted by atomic mass is 32.2. The number of nitrogens with zero attached hydrogens (tertiary/aromatic N) is 1. The molecule has 1 aliphatic rings. The molecule has 2 aromatic rings. The molecular weight excluding hydrogens is 380 g/mol. The summed E-state index contributed by atoms with van der Waals surface area (Å²) in [6.07, 6.45) is 1.48. The van der Waals surface area contributed by atoms with Gasteiger partial charge in [0.1, 0.15) is 11.5 Å². The zero-order chi connectivity index (χ0) is 20.1. The van der Waals surface area contributed by atoms with Crippen LogP contribution >= 0.6 is 0 Å². The molecule has 28 heavy (non-hydrogen) atoms. The topological polar surface area (TPSA) is 84.9 Å². The Morgan fingerprint density at radius 1 is 1.11 bits per heavy atom. The number of rotatable bonds is 6. The Morgan fingerprint density at radius 2 is 1.93 bits per heavy atom. The molecule has 0 spiro atoms. The number of nitrogens with one attached hydrogen (secondary N) is 1. The van der Waals surface area contributed by atoms with E-state index in [1.165, 1.54) is 4.31 Å². The third-order valence-electron chi connectivity index (χ3n) is 4.67. The number of hydrogen-bond acceptors (Lipinski definition) is 5. The molecule has 1 fully saturated rings. The Bertz CT molecular complexity index is 959. The maximum atomic E-state index is 12.6. The first-order chi connectivity index (χ1) is 13.4. The molecule has 7 nitrogen and oxygen atoms in total. The van der Waals surface area contributed by atoms with E-state index in [-0.39, 0.29) is 18.2 Å². The van der Waals surface area contributed by atoms with Crippen molar-refractivity contribution in [1.29, 1.82) is 0 Å². The van der Waals surface area contributed by atoms with Crippen LogP contribution in [0.15, 0.2) is 42.5 Å². The van der Waals surface area contributed by atoms with Crippen molar-refractivity contribution in [1.82, 2.24) is 5.32 Å². The summed E-state index contributed by atoms with van der Waals surface area (Å²) in [6, 6.07) is 12.1. The second-order valence-electron chi connectivity index (χ2n) is 6.51. The SMILES string of the molecule is COc1ccc(OC)c(CNC(=O)c2cccc(N3CCCCS3(=O)=O)c2)c1. The lowest BCUT2D eigenvalue weighted by molar-refractivity contribution is 0.0950. The number of carbonyl (C=O) groups is 1. The smallest absolute Gasteiger partial charge is 0.251 e. The van der Waals surface area contributed by atoms with Gasteiger partial charge in [0.15, 0.2) is 0 Å². The zero-order valence-corrected chi connectivity index (χ0v) is 16.8. The van der Waals surface area contributed by atoms with Crippen LogP contribution in [0, 0.1) is 0 Å². The molecule has 2 aromatic carbocycles. The van der Waals surface area contributed by atoms with Crippen molar-refractivity contribution in [3.63, 3.8) is 0 Å². The predicted octanol–water partition coefficient (Wildman–Crippen LogP) is 2.56. The minimum absolute atomic E-state index is 0.138. The molecule has 1 heterocycles. The summed E-state index contributed by atoms with van der Waals surface area (Å²) in [6.45, 7) is 0.694. The average molecular weight is 404 g/mol. The van der Waals surface area contributed by atoms with Gasteiger partial charge in [-0.05, 0) is 49.2 Å². The fourth-order valence-corrected chi connectivity index (χ4v) is 4.81. The van der Waals surface area contributed by atoms with E-state index in [4.69, 9.17) is 9.47 Å². The van der Waals surface area contributed by atoms with Gasteiger partial charge in [-0.3, -0.25) is 9.10 Å². The van der Waals surface area contributed by atoms with Crippen LogP contribution in [0.4, 0.5) is 5.69 Å². The number of benzene rings is 2. The standard InChI is InChI=1S/C20H24N2O5S/c1-26-18-8-9-19(27-2)16(13-18)14-21-20(23)15-6-5-7-17(12-15)22-10-3-4-11-28(22,24)25/h5-9,12-13H,3-4,10-11,14H2,1-2H3,(H,21,23). The zero-order valence-electron chi connectivity index (χ0n) is 16.0. The van der Waals surface area contributed by atoms with Gasteiger partial charge in [-0.2, -0.15) is 0 Å². The summed E-state index contributed by atoms with van der Waals surface area (Å²) in [5.74, 6) is 1.16. The molecule has 0 radical (unpaired) electrons. The van der Waals surface area contributed by atoms with Crippen molar-refractivity contribution >= 4 is 21.6 Å². The molecule has 8 heteroatoms. The van der Waals surface area contributed by atoms with Crippen molar-refractivity contribution in [3.8, 4) is 11.5 Å². The summed E-state index contributed by atoms with van der Waals surface area (Å²) >= 11 is 0. The van der Waals surface area contributed by atoms with Crippen molar-refractivity contribution in [2.75, 3.05) is 30.8 Å². The Hall–Kier alpha value is -2.74. The quantitative estimate of drug-likeness (QED) is 0.800. The van der Waals surface area contributed by atoms with E-state index in [9.17, 15) is 13.2 Å². The highest BCUT2D eigenvalue weighted by Crippen LogP contribution is 2.25. The Kier molecular flexibility index (Phi) is 6.08. The number of anilines is 1. The molecule has 0 unspecified atom stereocenters. The lowest BCUT2D eigenvalue weighted by Gasteiger charge is -2.28. The van der Waals surface area contributed by atoms with Crippen LogP contribution in [-0.4, -0.2) is 40.8 Å². The molecule has 1 saturated heterocycles. The third kappa shape index (κ3) is 4.39. The fraction of sp³-hybridized carbons (Fsp3) is 0.350. The van der Waals surface area contributed by atoms with Crippen LogP contribution in [0.3, 0.4) is 0 Å². The minimum Gasteiger partial charge on any atom is -0.497 e. The fourth-order valence-electron chi connectivity index (χ4n) is 3.18. The van der Waals surface area contributed by atoms with Gasteiger partial charge in [0, 0.05) is 24.2 Å². The highest BCUT2D eigenvalue weighted by molar-refractivity contribution is 7.92. The van der Waals surface area contributed by atoms with E-state index in [0.29, 0.717) is 35.7 Å². The van der Waals surface area contributed by atoms with Gasteiger partial charge < -0.3 is 14.8 Å². The number of ether oxygens (including phenoxy) is 2. The first-order valence-electron chi connectivity index (χ1n) is 9.04. The van der Waals surface area contributed by atoms with E-state index >= 15 is 0 Å². The van der Waals surface area contributed by atoms with Crippen molar-refractivity contribution < 1.29 is 22.7 Å². The van der Waals surface area contributed by atoms with Gasteiger partial charge in [-0.25, -0.2) is 8.42 Å². The van der Waals surface area contributed by atoms with Crippen molar-refractivity contribution in [2.24, 2.45) is 0 Å². The summed E-state index contributed by atoms with van der Waals surface area (Å²) in [4.78, 5) is 12.6. The van der Waals surface area contributed by atoms with Crippen LogP contribution in [0.2, 0.25) is 0 Å². The predicted molar refractivity (Wildman–Crippen MR) is 108 cm³/mol. The second-order valence-corrected chi connectivity index (χ2v) is 8.52. The van der Waals surface area contributed by atoms with Crippen LogP contribution in [0.5, 0.6) is 11.5 Å². The molecule has 150 valence electrons. The molecule has 0 atom stereocenters. The van der Waals surface area contributed by atoms with Crippen LogP contribution in [0.25, 0.3) is 0 Å². The van der Waals surface area contributed by atoms with Crippen LogP contribution < -0.4 is 19.1 Å². The minimum atomic E-state index is -3.32. The van der Waals surface area contributed by atoms with Gasteiger partial charge in [0.2, 0.25) is 10.0 Å². The van der Waals surface area contributed by atoms with Gasteiger partial charge >= 0.3 is 0 Å². The molecule has 0 bridgehead atoms. The van der Waals surface area contributed by atoms with Gasteiger partial charge in [0.05, 0.1) is 25.7 Å². The van der Waals surface area contributed by atoms with Gasteiger partial charge in [-0.15, -0.1) is 0 Å². The van der Waals surface area contributed by atoms with Gasteiger partial charge in [0.25, 0.3) is 5.91 Å². The first kappa shape index (κ1) is 20.0. The third-order valence-corrected chi connectivity index (χ3v) is 6.54. The Labute approximate surface area is 165 Å². The highest BCUT2D eigenvalue weighted by Gasteiger charge is 2.26. The molecule has 0 saturated carbocycles. The Balaban J connectivity index is 1.75. The molecule has 3 rings (SSSR count).